The maximum atomic E-state index is 5.95. The molecule has 0 aliphatic carbocycles. The fourth-order valence-corrected chi connectivity index (χ4v) is 4.02. The van der Waals surface area contributed by atoms with Gasteiger partial charge >= 0.3 is 0 Å². The number of anilines is 1. The third-order valence-electron chi connectivity index (χ3n) is 4.43. The molecule has 0 radical (unpaired) electrons. The van der Waals surface area contributed by atoms with Gasteiger partial charge in [-0.15, -0.1) is 11.3 Å². The molecule has 23 heavy (non-hydrogen) atoms. The maximum Gasteiger partial charge on any atom is 0.181 e. The van der Waals surface area contributed by atoms with E-state index >= 15 is 0 Å². The maximum absolute atomic E-state index is 5.95. The number of fused-ring (bicyclic) bond motifs is 1. The molecule has 118 valence electrons. The average Bonchev–Trinajstić information content (AvgIpc) is 3.24. The number of thiophene rings is 1. The molecule has 0 spiro atoms. The van der Waals surface area contributed by atoms with Crippen molar-refractivity contribution in [2.45, 2.75) is 24.8 Å². The van der Waals surface area contributed by atoms with Gasteiger partial charge in [0.15, 0.2) is 5.82 Å². The second-order valence-corrected chi connectivity index (χ2v) is 6.88. The summed E-state index contributed by atoms with van der Waals surface area (Å²) < 4.78 is 2.08. The van der Waals surface area contributed by atoms with Crippen LogP contribution in [0.15, 0.2) is 41.8 Å². The highest BCUT2D eigenvalue weighted by molar-refractivity contribution is 7.10. The van der Waals surface area contributed by atoms with E-state index in [-0.39, 0.29) is 12.0 Å². The summed E-state index contributed by atoms with van der Waals surface area (Å²) in [6, 6.07) is 12.2. The van der Waals surface area contributed by atoms with Crippen LogP contribution in [-0.4, -0.2) is 21.3 Å². The van der Waals surface area contributed by atoms with Crippen molar-refractivity contribution in [1.82, 2.24) is 14.8 Å². The summed E-state index contributed by atoms with van der Waals surface area (Å²) in [6.45, 7) is 0.608. The fourth-order valence-electron chi connectivity index (χ4n) is 3.17. The molecule has 1 aromatic carbocycles. The first kappa shape index (κ1) is 14.4. The Bertz CT molecular complexity index is 791. The van der Waals surface area contributed by atoms with Gasteiger partial charge in [0.25, 0.3) is 0 Å². The van der Waals surface area contributed by atoms with Crippen LogP contribution in [0.3, 0.4) is 0 Å². The molecule has 2 unspecified atom stereocenters. The lowest BCUT2D eigenvalue weighted by atomic mass is 9.94. The predicted octanol–water partition coefficient (Wildman–Crippen LogP) is 3.01. The zero-order valence-electron chi connectivity index (χ0n) is 12.7. The summed E-state index contributed by atoms with van der Waals surface area (Å²) in [5.41, 5.74) is 13.5. The lowest BCUT2D eigenvalue weighted by molar-refractivity contribution is 0.372. The van der Waals surface area contributed by atoms with Gasteiger partial charge in [0.05, 0.1) is 6.04 Å². The van der Waals surface area contributed by atoms with E-state index in [9.17, 15) is 0 Å². The van der Waals surface area contributed by atoms with Crippen LogP contribution in [0.5, 0.6) is 0 Å². The molecule has 4 rings (SSSR count). The van der Waals surface area contributed by atoms with E-state index in [2.05, 4.69) is 22.2 Å². The van der Waals surface area contributed by atoms with Crippen LogP contribution in [0.4, 0.5) is 5.69 Å². The number of hydrogen-bond donors (Lipinski definition) is 2. The number of benzene rings is 1. The number of nitrogen functional groups attached to an aromatic ring is 1. The first-order valence-corrected chi connectivity index (χ1v) is 8.70. The number of hydrogen-bond acceptors (Lipinski definition) is 5. The molecule has 4 N–H and O–H groups in total. The largest absolute Gasteiger partial charge is 0.399 e. The molecule has 1 aliphatic heterocycles. The number of rotatable bonds is 3. The average molecular weight is 325 g/mol. The number of nitrogens with zero attached hydrogens (tertiary/aromatic N) is 3. The lowest BCUT2D eigenvalue weighted by Gasteiger charge is -2.27. The van der Waals surface area contributed by atoms with Gasteiger partial charge in [-0.1, -0.05) is 6.07 Å². The molecule has 1 aliphatic rings. The van der Waals surface area contributed by atoms with Crippen molar-refractivity contribution in [3.05, 3.63) is 52.5 Å². The third-order valence-corrected chi connectivity index (χ3v) is 5.41. The van der Waals surface area contributed by atoms with E-state index in [0.717, 1.165) is 35.7 Å². The molecular formula is C17H19N5S. The van der Waals surface area contributed by atoms with Crippen molar-refractivity contribution in [3.63, 3.8) is 0 Å². The summed E-state index contributed by atoms with van der Waals surface area (Å²) in [4.78, 5) is 6.13. The number of aromatic nitrogens is 3. The Morgan fingerprint density at radius 3 is 2.70 bits per heavy atom. The molecule has 2 aromatic heterocycles. The normalized spacial score (nSPS) is 20.4. The van der Waals surface area contributed by atoms with Gasteiger partial charge < -0.3 is 11.5 Å². The van der Waals surface area contributed by atoms with Gasteiger partial charge in [-0.3, -0.25) is 0 Å². The Morgan fingerprint density at radius 1 is 1.17 bits per heavy atom. The van der Waals surface area contributed by atoms with Crippen molar-refractivity contribution in [2.24, 2.45) is 5.73 Å². The highest BCUT2D eigenvalue weighted by Gasteiger charge is 2.31. The second-order valence-electron chi connectivity index (χ2n) is 5.90. The van der Waals surface area contributed by atoms with Crippen LogP contribution in [-0.2, 0) is 0 Å². The van der Waals surface area contributed by atoms with E-state index in [4.69, 9.17) is 21.5 Å². The molecule has 0 fully saturated rings. The quantitative estimate of drug-likeness (QED) is 0.725. The number of nitrogens with two attached hydrogens (primary N) is 2. The molecule has 3 heterocycles. The van der Waals surface area contributed by atoms with E-state index in [0.29, 0.717) is 6.54 Å². The minimum atomic E-state index is 0.267. The highest BCUT2D eigenvalue weighted by Crippen LogP contribution is 2.38. The van der Waals surface area contributed by atoms with Crippen LogP contribution >= 0.6 is 11.3 Å². The Morgan fingerprint density at radius 2 is 2.00 bits per heavy atom. The van der Waals surface area contributed by atoms with Gasteiger partial charge in [0, 0.05) is 28.6 Å². The summed E-state index contributed by atoms with van der Waals surface area (Å²) >= 11 is 1.77. The standard InChI is InChI=1S/C17H19N5S/c18-10-12-5-8-14(15-2-1-9-23-15)22-17(12)20-16(21-22)11-3-6-13(19)7-4-11/h1-4,6-7,9,12,14H,5,8,10,18-19H2. The molecule has 0 saturated carbocycles. The van der Waals surface area contributed by atoms with E-state index in [1.165, 1.54) is 4.88 Å². The van der Waals surface area contributed by atoms with Crippen molar-refractivity contribution in [1.29, 1.82) is 0 Å². The molecule has 0 amide bonds. The minimum absolute atomic E-state index is 0.267. The summed E-state index contributed by atoms with van der Waals surface area (Å²) in [5, 5.41) is 6.92. The van der Waals surface area contributed by atoms with Crippen molar-refractivity contribution in [2.75, 3.05) is 12.3 Å². The molecular weight excluding hydrogens is 306 g/mol. The molecule has 3 aromatic rings. The Balaban J connectivity index is 1.79. The summed E-state index contributed by atoms with van der Waals surface area (Å²) in [6.07, 6.45) is 2.11. The van der Waals surface area contributed by atoms with Crippen LogP contribution < -0.4 is 11.5 Å². The first-order valence-electron chi connectivity index (χ1n) is 7.82. The topological polar surface area (TPSA) is 82.8 Å². The molecule has 0 saturated heterocycles. The Hall–Kier alpha value is -2.18. The first-order chi connectivity index (χ1) is 11.3. The second kappa shape index (κ2) is 5.79. The van der Waals surface area contributed by atoms with Gasteiger partial charge in [0.1, 0.15) is 5.82 Å². The van der Waals surface area contributed by atoms with Gasteiger partial charge in [-0.05, 0) is 48.6 Å². The zero-order valence-corrected chi connectivity index (χ0v) is 13.5. The molecule has 0 bridgehead atoms. The van der Waals surface area contributed by atoms with Gasteiger partial charge in [0.2, 0.25) is 0 Å². The fraction of sp³-hybridized carbons (Fsp3) is 0.294. The highest BCUT2D eigenvalue weighted by atomic mass is 32.1. The van der Waals surface area contributed by atoms with Crippen LogP contribution in [0, 0.1) is 0 Å². The van der Waals surface area contributed by atoms with Crippen LogP contribution in [0.1, 0.15) is 35.5 Å². The molecule has 5 nitrogen and oxygen atoms in total. The van der Waals surface area contributed by atoms with E-state index in [1.54, 1.807) is 11.3 Å². The van der Waals surface area contributed by atoms with E-state index in [1.807, 2.05) is 24.3 Å². The monoisotopic (exact) mass is 325 g/mol. The summed E-state index contributed by atoms with van der Waals surface area (Å²) in [7, 11) is 0. The van der Waals surface area contributed by atoms with Crippen molar-refractivity contribution >= 4 is 17.0 Å². The minimum Gasteiger partial charge on any atom is -0.399 e. The predicted molar refractivity (Wildman–Crippen MR) is 93.4 cm³/mol. The van der Waals surface area contributed by atoms with Crippen molar-refractivity contribution < 1.29 is 0 Å². The summed E-state index contributed by atoms with van der Waals surface area (Å²) in [5.74, 6) is 2.03. The smallest absolute Gasteiger partial charge is 0.181 e. The Labute approximate surface area is 139 Å². The van der Waals surface area contributed by atoms with Crippen LogP contribution in [0.2, 0.25) is 0 Å². The third kappa shape index (κ3) is 2.54. The van der Waals surface area contributed by atoms with Gasteiger partial charge in [-0.2, -0.15) is 5.10 Å². The van der Waals surface area contributed by atoms with Crippen LogP contribution in [0.25, 0.3) is 11.4 Å². The van der Waals surface area contributed by atoms with E-state index < -0.39 is 0 Å². The zero-order chi connectivity index (χ0) is 15.8. The van der Waals surface area contributed by atoms with Crippen molar-refractivity contribution in [3.8, 4) is 11.4 Å². The molecule has 2 atom stereocenters. The van der Waals surface area contributed by atoms with Gasteiger partial charge in [-0.25, -0.2) is 9.67 Å². The molecule has 6 heteroatoms. The Kier molecular flexibility index (Phi) is 3.63. The SMILES string of the molecule is NCC1CCC(c2cccs2)n2nc(-c3ccc(N)cc3)nc21. The lowest BCUT2D eigenvalue weighted by Crippen LogP contribution is -2.26.